The monoisotopic (exact) mass is 449 g/mol. The summed E-state index contributed by atoms with van der Waals surface area (Å²) >= 11 is 6.15. The van der Waals surface area contributed by atoms with Crippen LogP contribution in [0.1, 0.15) is 33.8 Å². The highest BCUT2D eigenvalue weighted by molar-refractivity contribution is 6.30. The highest BCUT2D eigenvalue weighted by Crippen LogP contribution is 2.40. The van der Waals surface area contributed by atoms with Gasteiger partial charge in [-0.1, -0.05) is 23.7 Å². The van der Waals surface area contributed by atoms with E-state index in [4.69, 9.17) is 22.1 Å². The van der Waals surface area contributed by atoms with E-state index in [0.29, 0.717) is 34.1 Å². The average Bonchev–Trinajstić information content (AvgIpc) is 3.15. The van der Waals surface area contributed by atoms with E-state index in [2.05, 4.69) is 0 Å². The molecule has 3 aromatic carbocycles. The van der Waals surface area contributed by atoms with Crippen molar-refractivity contribution in [2.24, 2.45) is 5.73 Å². The molecule has 1 saturated heterocycles. The number of carbonyl (C=O) groups is 2. The first-order valence-electron chi connectivity index (χ1n) is 9.73. The largest absolute Gasteiger partial charge is 0.456 e. The van der Waals surface area contributed by atoms with E-state index in [0.717, 1.165) is 6.07 Å². The van der Waals surface area contributed by atoms with E-state index in [1.807, 2.05) is 6.07 Å². The third-order valence-corrected chi connectivity index (χ3v) is 5.50. The fourth-order valence-corrected chi connectivity index (χ4v) is 3.88. The zero-order valence-corrected chi connectivity index (χ0v) is 17.5. The second kappa shape index (κ2) is 8.69. The van der Waals surface area contributed by atoms with Crippen LogP contribution in [-0.4, -0.2) is 18.4 Å². The predicted molar refractivity (Wildman–Crippen MR) is 117 cm³/mol. The van der Waals surface area contributed by atoms with Crippen molar-refractivity contribution in [3.05, 3.63) is 88.2 Å². The van der Waals surface area contributed by atoms with Crippen molar-refractivity contribution in [3.63, 3.8) is 0 Å². The molecule has 0 unspecified atom stereocenters. The maximum atomic E-state index is 13.7. The van der Waals surface area contributed by atoms with Crippen LogP contribution < -0.4 is 15.4 Å². The van der Waals surface area contributed by atoms with Gasteiger partial charge in [0.05, 0.1) is 5.56 Å². The summed E-state index contributed by atoms with van der Waals surface area (Å²) in [6, 6.07) is 17.2. The van der Waals surface area contributed by atoms with Crippen molar-refractivity contribution in [1.29, 1.82) is 5.26 Å². The Balaban J connectivity index is 1.66. The van der Waals surface area contributed by atoms with Crippen LogP contribution in [0.15, 0.2) is 60.7 Å². The number of nitrogens with two attached hydrogens (primary N) is 1. The highest BCUT2D eigenvalue weighted by atomic mass is 35.5. The molecular weight excluding hydrogens is 433 g/mol. The van der Waals surface area contributed by atoms with Gasteiger partial charge in [0.15, 0.2) is 0 Å². The fraction of sp³-hybridized carbons (Fsp3) is 0.125. The van der Waals surface area contributed by atoms with Gasteiger partial charge in [0, 0.05) is 46.8 Å². The summed E-state index contributed by atoms with van der Waals surface area (Å²) in [4.78, 5) is 25.9. The topological polar surface area (TPSA) is 96.4 Å². The molecule has 6 nitrogen and oxygen atoms in total. The molecule has 1 aliphatic rings. The van der Waals surface area contributed by atoms with Crippen molar-refractivity contribution in [3.8, 4) is 17.6 Å². The van der Waals surface area contributed by atoms with Crippen LogP contribution in [0, 0.1) is 17.1 Å². The lowest BCUT2D eigenvalue weighted by Gasteiger charge is -2.19. The Morgan fingerprint density at radius 1 is 1.16 bits per heavy atom. The van der Waals surface area contributed by atoms with Crippen LogP contribution in [0.4, 0.5) is 10.1 Å². The Morgan fingerprint density at radius 3 is 2.72 bits per heavy atom. The van der Waals surface area contributed by atoms with Crippen LogP contribution >= 0.6 is 11.6 Å². The minimum Gasteiger partial charge on any atom is -0.456 e. The number of ether oxygens (including phenoxy) is 1. The van der Waals surface area contributed by atoms with E-state index in [1.165, 1.54) is 12.1 Å². The number of halogens is 2. The van der Waals surface area contributed by atoms with Gasteiger partial charge in [-0.3, -0.25) is 9.59 Å². The Labute approximate surface area is 188 Å². The van der Waals surface area contributed by atoms with Gasteiger partial charge >= 0.3 is 0 Å². The predicted octanol–water partition coefficient (Wildman–Crippen LogP) is 4.76. The van der Waals surface area contributed by atoms with Crippen molar-refractivity contribution in [2.45, 2.75) is 12.3 Å². The third-order valence-electron chi connectivity index (χ3n) is 5.27. The lowest BCUT2D eigenvalue weighted by molar-refractivity contribution is -0.117. The number of nitriles is 1. The summed E-state index contributed by atoms with van der Waals surface area (Å²) in [5.41, 5.74) is 7.11. The summed E-state index contributed by atoms with van der Waals surface area (Å²) in [7, 11) is 0. The Bertz CT molecular complexity index is 1270. The van der Waals surface area contributed by atoms with Gasteiger partial charge in [0.25, 0.3) is 0 Å². The summed E-state index contributed by atoms with van der Waals surface area (Å²) < 4.78 is 19.6. The number of nitrogens with zero attached hydrogens (tertiary/aromatic N) is 2. The summed E-state index contributed by atoms with van der Waals surface area (Å²) in [6.07, 6.45) is 0.201. The van der Waals surface area contributed by atoms with Crippen molar-refractivity contribution in [2.75, 3.05) is 11.4 Å². The summed E-state index contributed by atoms with van der Waals surface area (Å²) in [6.45, 7) is 0.341. The summed E-state index contributed by atoms with van der Waals surface area (Å²) in [5, 5.41) is 9.71. The number of carbonyl (C=O) groups excluding carboxylic acids is 2. The van der Waals surface area contributed by atoms with Gasteiger partial charge in [-0.05, 0) is 42.5 Å². The minimum absolute atomic E-state index is 0.0614. The average molecular weight is 450 g/mol. The Kier molecular flexibility index (Phi) is 5.80. The molecule has 2 N–H and O–H groups in total. The third kappa shape index (κ3) is 4.27. The SMILES string of the molecule is N#Cc1ccc(F)cc1Oc1cc(Cl)ccc1[C@H]1CC(=O)N(c2cccc(C(N)=O)c2)C1. The second-order valence-electron chi connectivity index (χ2n) is 7.36. The van der Waals surface area contributed by atoms with Crippen LogP contribution in [0.2, 0.25) is 5.02 Å². The van der Waals surface area contributed by atoms with Crippen LogP contribution in [-0.2, 0) is 4.79 Å². The number of amides is 2. The molecule has 0 saturated carbocycles. The molecule has 1 atom stereocenters. The molecule has 1 heterocycles. The molecule has 1 aliphatic heterocycles. The van der Waals surface area contributed by atoms with E-state index >= 15 is 0 Å². The molecule has 0 spiro atoms. The van der Waals surface area contributed by atoms with Gasteiger partial charge in [-0.15, -0.1) is 0 Å². The zero-order chi connectivity index (χ0) is 22.8. The van der Waals surface area contributed by atoms with E-state index in [-0.39, 0.29) is 29.6 Å². The number of anilines is 1. The summed E-state index contributed by atoms with van der Waals surface area (Å²) in [5.74, 6) is -1.09. The first-order chi connectivity index (χ1) is 15.4. The lowest BCUT2D eigenvalue weighted by Crippen LogP contribution is -2.24. The molecule has 160 valence electrons. The molecule has 32 heavy (non-hydrogen) atoms. The Hall–Kier alpha value is -3.89. The first-order valence-corrected chi connectivity index (χ1v) is 10.1. The molecule has 0 aliphatic carbocycles. The smallest absolute Gasteiger partial charge is 0.248 e. The molecular formula is C24H17ClFN3O3. The maximum absolute atomic E-state index is 13.7. The molecule has 1 fully saturated rings. The van der Waals surface area contributed by atoms with Crippen molar-refractivity contribution in [1.82, 2.24) is 0 Å². The van der Waals surface area contributed by atoms with E-state index in [1.54, 1.807) is 47.4 Å². The highest BCUT2D eigenvalue weighted by Gasteiger charge is 2.33. The van der Waals surface area contributed by atoms with Crippen molar-refractivity contribution < 1.29 is 18.7 Å². The number of hydrogen-bond donors (Lipinski definition) is 1. The number of primary amides is 1. The molecule has 0 bridgehead atoms. The number of rotatable bonds is 5. The molecule has 4 rings (SSSR count). The van der Waals surface area contributed by atoms with Crippen LogP contribution in [0.25, 0.3) is 0 Å². The Morgan fingerprint density at radius 2 is 1.97 bits per heavy atom. The van der Waals surface area contributed by atoms with E-state index in [9.17, 15) is 19.2 Å². The van der Waals surface area contributed by atoms with Crippen LogP contribution in [0.5, 0.6) is 11.5 Å². The minimum atomic E-state index is -0.577. The van der Waals surface area contributed by atoms with Gasteiger partial charge in [0.2, 0.25) is 11.8 Å². The number of hydrogen-bond acceptors (Lipinski definition) is 4. The quantitative estimate of drug-likeness (QED) is 0.607. The van der Waals surface area contributed by atoms with Crippen LogP contribution in [0.3, 0.4) is 0 Å². The van der Waals surface area contributed by atoms with Gasteiger partial charge < -0.3 is 15.4 Å². The van der Waals surface area contributed by atoms with Gasteiger partial charge in [-0.25, -0.2) is 4.39 Å². The number of benzene rings is 3. The zero-order valence-electron chi connectivity index (χ0n) is 16.7. The van der Waals surface area contributed by atoms with Gasteiger partial charge in [0.1, 0.15) is 23.4 Å². The standard InChI is InChI=1S/C24H17ClFN3O3/c25-17-5-7-20(22(10-17)32-21-11-18(26)6-4-15(21)12-27)16-9-23(30)29(13-16)19-3-1-2-14(8-19)24(28)31/h1-8,10-11,16H,9,13H2,(H2,28,31)/t16-/m0/s1. The normalized spacial score (nSPS) is 15.5. The van der Waals surface area contributed by atoms with E-state index < -0.39 is 11.7 Å². The fourth-order valence-electron chi connectivity index (χ4n) is 3.72. The molecule has 0 radical (unpaired) electrons. The molecule has 2 amide bonds. The molecule has 8 heteroatoms. The first kappa shape index (κ1) is 21.3. The lowest BCUT2D eigenvalue weighted by atomic mass is 9.97. The second-order valence-corrected chi connectivity index (χ2v) is 7.79. The maximum Gasteiger partial charge on any atom is 0.248 e. The molecule has 3 aromatic rings. The van der Waals surface area contributed by atoms with Crippen molar-refractivity contribution >= 4 is 29.1 Å². The molecule has 0 aromatic heterocycles. The van der Waals surface area contributed by atoms with Gasteiger partial charge in [-0.2, -0.15) is 5.26 Å².